The summed E-state index contributed by atoms with van der Waals surface area (Å²) in [5, 5.41) is 9.27. The number of carbonyl (C=O) groups is 2. The third-order valence-corrected chi connectivity index (χ3v) is 5.03. The van der Waals surface area contributed by atoms with Crippen molar-refractivity contribution in [2.45, 2.75) is 52.5 Å². The fraction of sp³-hybridized carbons (Fsp3) is 0.600. The van der Waals surface area contributed by atoms with Crippen molar-refractivity contribution >= 4 is 11.9 Å². The second-order valence-electron chi connectivity index (χ2n) is 7.83. The van der Waals surface area contributed by atoms with Crippen LogP contribution < -0.4 is 4.74 Å². The molecule has 2 atom stereocenters. The number of rotatable bonds is 6. The van der Waals surface area contributed by atoms with Gasteiger partial charge in [-0.3, -0.25) is 9.59 Å². The Bertz CT molecular complexity index is 621. The Balaban J connectivity index is 2.12. The van der Waals surface area contributed by atoms with Gasteiger partial charge in [0, 0.05) is 12.6 Å². The Kier molecular flexibility index (Phi) is 5.76. The zero-order valence-corrected chi connectivity index (χ0v) is 15.8. The molecule has 1 aromatic carbocycles. The molecule has 25 heavy (non-hydrogen) atoms. The average Bonchev–Trinajstić information content (AvgIpc) is 2.94. The molecule has 0 spiro atoms. The van der Waals surface area contributed by atoms with Gasteiger partial charge in [-0.2, -0.15) is 0 Å². The molecule has 1 aliphatic rings. The highest BCUT2D eigenvalue weighted by molar-refractivity contribution is 5.88. The maximum atomic E-state index is 13.0. The first-order valence-corrected chi connectivity index (χ1v) is 8.91. The van der Waals surface area contributed by atoms with Crippen LogP contribution in [-0.2, 0) is 15.0 Å². The van der Waals surface area contributed by atoms with E-state index in [1.807, 2.05) is 45.0 Å². The first-order valence-electron chi connectivity index (χ1n) is 8.91. The van der Waals surface area contributed by atoms with Gasteiger partial charge in [-0.25, -0.2) is 0 Å². The zero-order chi connectivity index (χ0) is 18.8. The maximum absolute atomic E-state index is 13.0. The summed E-state index contributed by atoms with van der Waals surface area (Å²) < 4.78 is 5.69. The van der Waals surface area contributed by atoms with E-state index in [2.05, 4.69) is 13.8 Å². The minimum absolute atomic E-state index is 0.0281. The van der Waals surface area contributed by atoms with Crippen molar-refractivity contribution in [3.8, 4) is 5.75 Å². The number of hydrogen-bond acceptors (Lipinski definition) is 3. The molecule has 1 aromatic rings. The molecular formula is C20H29NO4. The van der Waals surface area contributed by atoms with Crippen LogP contribution in [0.4, 0.5) is 0 Å². The number of carboxylic acids is 1. The largest absolute Gasteiger partial charge is 0.493 e. The molecule has 1 amide bonds. The fourth-order valence-corrected chi connectivity index (χ4v) is 3.27. The quantitative estimate of drug-likeness (QED) is 0.857. The summed E-state index contributed by atoms with van der Waals surface area (Å²) in [6.07, 6.45) is 0.514. The predicted molar refractivity (Wildman–Crippen MR) is 96.7 cm³/mol. The fourth-order valence-electron chi connectivity index (χ4n) is 3.27. The average molecular weight is 347 g/mol. The molecule has 1 aliphatic heterocycles. The standard InChI is InChI=1S/C20H29NO4/c1-13(2)12-25-16-8-6-15(7-9-16)20(4,5)19(24)21-11-10-17(14(21)3)18(22)23/h6-9,13-14,17H,10-12H2,1-5H3,(H,22,23). The Morgan fingerprint density at radius 3 is 2.36 bits per heavy atom. The number of hydrogen-bond donors (Lipinski definition) is 1. The molecule has 0 saturated carbocycles. The molecule has 1 saturated heterocycles. The Morgan fingerprint density at radius 2 is 1.88 bits per heavy atom. The van der Waals surface area contributed by atoms with E-state index in [4.69, 9.17) is 4.74 Å². The van der Waals surface area contributed by atoms with Crippen molar-refractivity contribution in [1.29, 1.82) is 0 Å². The summed E-state index contributed by atoms with van der Waals surface area (Å²) in [6.45, 7) is 10.9. The van der Waals surface area contributed by atoms with Crippen LogP contribution in [0.3, 0.4) is 0 Å². The Hall–Kier alpha value is -2.04. The number of ether oxygens (including phenoxy) is 1. The van der Waals surface area contributed by atoms with Gasteiger partial charge in [-0.1, -0.05) is 26.0 Å². The highest BCUT2D eigenvalue weighted by Gasteiger charge is 2.43. The van der Waals surface area contributed by atoms with E-state index in [0.29, 0.717) is 25.5 Å². The molecular weight excluding hydrogens is 318 g/mol. The van der Waals surface area contributed by atoms with Crippen molar-refractivity contribution in [2.24, 2.45) is 11.8 Å². The van der Waals surface area contributed by atoms with Gasteiger partial charge >= 0.3 is 5.97 Å². The lowest BCUT2D eigenvalue weighted by molar-refractivity contribution is -0.143. The van der Waals surface area contributed by atoms with E-state index in [1.165, 1.54) is 0 Å². The molecule has 1 N–H and O–H groups in total. The number of carbonyl (C=O) groups excluding carboxylic acids is 1. The van der Waals surface area contributed by atoms with Crippen LogP contribution in [0.25, 0.3) is 0 Å². The third-order valence-electron chi connectivity index (χ3n) is 5.03. The number of carboxylic acid groups (broad SMARTS) is 1. The second-order valence-corrected chi connectivity index (χ2v) is 7.83. The smallest absolute Gasteiger partial charge is 0.308 e. The lowest BCUT2D eigenvalue weighted by Gasteiger charge is -2.33. The van der Waals surface area contributed by atoms with Gasteiger partial charge in [0.1, 0.15) is 5.75 Å². The summed E-state index contributed by atoms with van der Waals surface area (Å²) >= 11 is 0. The lowest BCUT2D eigenvalue weighted by atomic mass is 9.83. The van der Waals surface area contributed by atoms with Gasteiger partial charge in [0.05, 0.1) is 17.9 Å². The minimum Gasteiger partial charge on any atom is -0.493 e. The highest BCUT2D eigenvalue weighted by atomic mass is 16.5. The molecule has 138 valence electrons. The van der Waals surface area contributed by atoms with Crippen LogP contribution >= 0.6 is 0 Å². The van der Waals surface area contributed by atoms with Crippen LogP contribution in [0.15, 0.2) is 24.3 Å². The van der Waals surface area contributed by atoms with Crippen molar-refractivity contribution in [3.63, 3.8) is 0 Å². The van der Waals surface area contributed by atoms with Gasteiger partial charge in [0.15, 0.2) is 0 Å². The van der Waals surface area contributed by atoms with Crippen molar-refractivity contribution < 1.29 is 19.4 Å². The second kappa shape index (κ2) is 7.46. The van der Waals surface area contributed by atoms with Crippen LogP contribution in [0.1, 0.15) is 46.6 Å². The van der Waals surface area contributed by atoms with Gasteiger partial charge < -0.3 is 14.7 Å². The monoisotopic (exact) mass is 347 g/mol. The normalized spacial score (nSPS) is 20.8. The van der Waals surface area contributed by atoms with Gasteiger partial charge in [-0.05, 0) is 50.8 Å². The summed E-state index contributed by atoms with van der Waals surface area (Å²) in [5.41, 5.74) is 0.193. The molecule has 0 bridgehead atoms. The van der Waals surface area contributed by atoms with Crippen molar-refractivity contribution in [3.05, 3.63) is 29.8 Å². The number of likely N-dealkylation sites (tertiary alicyclic amines) is 1. The first-order chi connectivity index (χ1) is 11.6. The predicted octanol–water partition coefficient (Wildman–Crippen LogP) is 3.32. The maximum Gasteiger partial charge on any atom is 0.308 e. The molecule has 0 aliphatic carbocycles. The van der Waals surface area contributed by atoms with E-state index >= 15 is 0 Å². The van der Waals surface area contributed by atoms with Gasteiger partial charge in [0.25, 0.3) is 0 Å². The lowest BCUT2D eigenvalue weighted by Crippen LogP contribution is -2.46. The minimum atomic E-state index is -0.827. The Morgan fingerprint density at radius 1 is 1.28 bits per heavy atom. The molecule has 2 unspecified atom stereocenters. The van der Waals surface area contributed by atoms with Crippen LogP contribution in [0.2, 0.25) is 0 Å². The molecule has 1 heterocycles. The highest BCUT2D eigenvalue weighted by Crippen LogP contribution is 2.32. The Labute approximate surface area is 150 Å². The van der Waals surface area contributed by atoms with E-state index < -0.39 is 17.3 Å². The zero-order valence-electron chi connectivity index (χ0n) is 15.8. The SMILES string of the molecule is CC(C)COc1ccc(C(C)(C)C(=O)N2CCC(C(=O)O)C2C)cc1. The molecule has 5 nitrogen and oxygen atoms in total. The summed E-state index contributed by atoms with van der Waals surface area (Å²) in [6, 6.07) is 7.34. The van der Waals surface area contributed by atoms with Crippen LogP contribution in [0.5, 0.6) is 5.75 Å². The number of benzene rings is 1. The molecule has 5 heteroatoms. The van der Waals surface area contributed by atoms with E-state index in [-0.39, 0.29) is 11.9 Å². The van der Waals surface area contributed by atoms with E-state index in [0.717, 1.165) is 11.3 Å². The number of nitrogens with zero attached hydrogens (tertiary/aromatic N) is 1. The topological polar surface area (TPSA) is 66.8 Å². The van der Waals surface area contributed by atoms with Gasteiger partial charge in [-0.15, -0.1) is 0 Å². The van der Waals surface area contributed by atoms with E-state index in [1.54, 1.807) is 4.90 Å². The summed E-state index contributed by atoms with van der Waals surface area (Å²) in [5.74, 6) is -0.0869. The molecule has 0 aromatic heterocycles. The number of aliphatic carboxylic acids is 1. The van der Waals surface area contributed by atoms with Crippen LogP contribution in [0, 0.1) is 11.8 Å². The summed E-state index contributed by atoms with van der Waals surface area (Å²) in [4.78, 5) is 26.1. The molecule has 1 fully saturated rings. The van der Waals surface area contributed by atoms with E-state index in [9.17, 15) is 14.7 Å². The first kappa shape index (κ1) is 19.3. The third kappa shape index (κ3) is 4.14. The van der Waals surface area contributed by atoms with Gasteiger partial charge in [0.2, 0.25) is 5.91 Å². The van der Waals surface area contributed by atoms with Crippen LogP contribution in [-0.4, -0.2) is 41.1 Å². The molecule has 0 radical (unpaired) electrons. The number of amides is 1. The van der Waals surface area contributed by atoms with Crippen molar-refractivity contribution in [1.82, 2.24) is 4.90 Å². The summed E-state index contributed by atoms with van der Waals surface area (Å²) in [7, 11) is 0. The molecule has 2 rings (SSSR count). The van der Waals surface area contributed by atoms with Crippen molar-refractivity contribution in [2.75, 3.05) is 13.2 Å².